The molecule has 2 heterocycles. The van der Waals surface area contributed by atoms with E-state index in [1.165, 1.54) is 120 Å². The number of benzene rings is 5. The van der Waals surface area contributed by atoms with Crippen LogP contribution < -0.4 is 26.2 Å². The fraction of sp³-hybridized carbons (Fsp3) is 0.318. The Balaban J connectivity index is 1.34. The third-order valence-corrected chi connectivity index (χ3v) is 11.8. The van der Waals surface area contributed by atoms with Gasteiger partial charge in [-0.2, -0.15) is 0 Å². The number of rotatable bonds is 5. The van der Waals surface area contributed by atoms with E-state index < -0.39 is 0 Å². The summed E-state index contributed by atoms with van der Waals surface area (Å²) >= 11 is 0. The van der Waals surface area contributed by atoms with E-state index in [9.17, 15) is 0 Å². The van der Waals surface area contributed by atoms with Crippen molar-refractivity contribution >= 4 is 57.2 Å². The summed E-state index contributed by atoms with van der Waals surface area (Å²) in [6.07, 6.45) is 14.5. The first-order valence-electron chi connectivity index (χ1n) is 18.4. The van der Waals surface area contributed by atoms with Gasteiger partial charge in [0, 0.05) is 34.1 Å². The zero-order valence-corrected chi connectivity index (χ0v) is 27.8. The molecule has 5 aromatic rings. The smallest absolute Gasteiger partial charge is 0.252 e. The van der Waals surface area contributed by atoms with Crippen LogP contribution in [0.5, 0.6) is 0 Å². The van der Waals surface area contributed by atoms with Crippen LogP contribution >= 0.6 is 0 Å². The largest absolute Gasteiger partial charge is 0.311 e. The molecule has 2 fully saturated rings. The molecule has 0 N–H and O–H groups in total. The maximum atomic E-state index is 2.64. The van der Waals surface area contributed by atoms with Crippen molar-refractivity contribution in [2.45, 2.75) is 89.4 Å². The molecule has 0 aromatic heterocycles. The number of nitrogens with zero attached hydrogens (tertiary/aromatic N) is 2. The maximum Gasteiger partial charge on any atom is 0.252 e. The van der Waals surface area contributed by atoms with Gasteiger partial charge in [0.15, 0.2) is 0 Å². The molecule has 0 saturated heterocycles. The Morgan fingerprint density at radius 2 is 0.957 bits per heavy atom. The normalized spacial score (nSPS) is 17.7. The fourth-order valence-electron chi connectivity index (χ4n) is 9.39. The lowest BCUT2D eigenvalue weighted by molar-refractivity contribution is 0.444. The second-order valence-electron chi connectivity index (χ2n) is 14.5. The van der Waals surface area contributed by atoms with Gasteiger partial charge in [0.1, 0.15) is 0 Å². The van der Waals surface area contributed by atoms with Gasteiger partial charge in [-0.1, -0.05) is 106 Å². The van der Waals surface area contributed by atoms with E-state index >= 15 is 0 Å². The van der Waals surface area contributed by atoms with E-state index in [1.54, 1.807) is 11.1 Å². The Labute approximate surface area is 281 Å². The zero-order valence-electron chi connectivity index (χ0n) is 27.8. The molecule has 9 rings (SSSR count). The monoisotopic (exact) mass is 612 g/mol. The van der Waals surface area contributed by atoms with Gasteiger partial charge in [-0.15, -0.1) is 0 Å². The van der Waals surface area contributed by atoms with Gasteiger partial charge in [0.25, 0.3) is 6.71 Å². The molecule has 0 unspecified atom stereocenters. The molecule has 2 nitrogen and oxygen atoms in total. The van der Waals surface area contributed by atoms with Crippen molar-refractivity contribution in [3.05, 3.63) is 126 Å². The average molecular weight is 613 g/mol. The molecule has 4 aliphatic rings. The fourth-order valence-corrected chi connectivity index (χ4v) is 9.39. The highest BCUT2D eigenvalue weighted by atomic mass is 15.2. The summed E-state index contributed by atoms with van der Waals surface area (Å²) in [5.74, 6) is 1.33. The van der Waals surface area contributed by atoms with Crippen LogP contribution in [0.4, 0.5) is 34.1 Å². The van der Waals surface area contributed by atoms with Crippen molar-refractivity contribution in [1.82, 2.24) is 0 Å². The first-order valence-corrected chi connectivity index (χ1v) is 18.4. The molecule has 2 aliphatic heterocycles. The standard InChI is InChI=1S/C44H45BN2/c1-2-31-27-42-44-43(28-31)47(37-21-13-6-14-22-37)41-26-24-35(33-17-9-4-10-18-33)30-39(41)45(44)38-29-34(32-15-7-3-8-16-32)23-25-40(38)46(42)36-19-11-5-12-20-36/h5-6,11-14,19-30,32-33H,2-4,7-10,15-18H2,1H3. The zero-order chi connectivity index (χ0) is 31.3. The molecule has 234 valence electrons. The predicted octanol–water partition coefficient (Wildman–Crippen LogP) is 10.4. The molecule has 0 amide bonds. The minimum atomic E-state index is 0.197. The van der Waals surface area contributed by atoms with Crippen molar-refractivity contribution in [2.24, 2.45) is 0 Å². The van der Waals surface area contributed by atoms with Crippen molar-refractivity contribution < 1.29 is 0 Å². The Bertz CT molecular complexity index is 1770. The van der Waals surface area contributed by atoms with Crippen LogP contribution in [0.15, 0.2) is 109 Å². The highest BCUT2D eigenvalue weighted by Gasteiger charge is 2.44. The number of anilines is 6. The Hall–Kier alpha value is -4.24. The second kappa shape index (κ2) is 12.1. The highest BCUT2D eigenvalue weighted by Crippen LogP contribution is 2.46. The summed E-state index contributed by atoms with van der Waals surface area (Å²) in [4.78, 5) is 5.15. The molecule has 3 heteroatoms. The van der Waals surface area contributed by atoms with E-state index in [0.717, 1.165) is 6.42 Å². The topological polar surface area (TPSA) is 6.48 Å². The van der Waals surface area contributed by atoms with E-state index in [1.807, 2.05) is 0 Å². The van der Waals surface area contributed by atoms with E-state index in [4.69, 9.17) is 0 Å². The van der Waals surface area contributed by atoms with Crippen LogP contribution in [0.2, 0.25) is 0 Å². The van der Waals surface area contributed by atoms with Crippen LogP contribution in [0.3, 0.4) is 0 Å². The summed E-state index contributed by atoms with van der Waals surface area (Å²) in [5, 5.41) is 0. The van der Waals surface area contributed by atoms with Crippen molar-refractivity contribution in [1.29, 1.82) is 0 Å². The molecule has 2 saturated carbocycles. The maximum absolute atomic E-state index is 2.64. The number of hydrogen-bond acceptors (Lipinski definition) is 2. The number of hydrogen-bond donors (Lipinski definition) is 0. The highest BCUT2D eigenvalue weighted by molar-refractivity contribution is 7.00. The molecule has 0 radical (unpaired) electrons. The van der Waals surface area contributed by atoms with Gasteiger partial charge in [-0.05, 0) is 126 Å². The van der Waals surface area contributed by atoms with Crippen LogP contribution in [-0.4, -0.2) is 6.71 Å². The lowest BCUT2D eigenvalue weighted by Gasteiger charge is -2.45. The van der Waals surface area contributed by atoms with Crippen molar-refractivity contribution in [3.8, 4) is 0 Å². The number of para-hydroxylation sites is 2. The van der Waals surface area contributed by atoms with Gasteiger partial charge < -0.3 is 9.80 Å². The molecular formula is C44H45BN2. The Morgan fingerprint density at radius 1 is 0.511 bits per heavy atom. The molecule has 0 bridgehead atoms. The van der Waals surface area contributed by atoms with Gasteiger partial charge in [0.05, 0.1) is 0 Å². The van der Waals surface area contributed by atoms with Gasteiger partial charge in [-0.25, -0.2) is 0 Å². The summed E-state index contributed by atoms with van der Waals surface area (Å²) in [7, 11) is 0. The third-order valence-electron chi connectivity index (χ3n) is 11.8. The van der Waals surface area contributed by atoms with E-state index in [2.05, 4.69) is 126 Å². The summed E-state index contributed by atoms with van der Waals surface area (Å²) in [5.41, 5.74) is 16.7. The van der Waals surface area contributed by atoms with Crippen LogP contribution in [0.1, 0.15) is 99.7 Å². The summed E-state index contributed by atoms with van der Waals surface area (Å²) in [6, 6.07) is 42.4. The van der Waals surface area contributed by atoms with Crippen LogP contribution in [0.25, 0.3) is 0 Å². The molecule has 0 atom stereocenters. The lowest BCUT2D eigenvalue weighted by Crippen LogP contribution is -2.61. The van der Waals surface area contributed by atoms with Crippen molar-refractivity contribution in [3.63, 3.8) is 0 Å². The van der Waals surface area contributed by atoms with Crippen LogP contribution in [0, 0.1) is 0 Å². The Morgan fingerprint density at radius 3 is 1.38 bits per heavy atom. The quantitative estimate of drug-likeness (QED) is 0.179. The predicted molar refractivity (Wildman–Crippen MR) is 201 cm³/mol. The summed E-state index contributed by atoms with van der Waals surface area (Å²) < 4.78 is 0. The van der Waals surface area contributed by atoms with Gasteiger partial charge in [-0.3, -0.25) is 0 Å². The van der Waals surface area contributed by atoms with E-state index in [-0.39, 0.29) is 6.71 Å². The SMILES string of the molecule is CCc1cc2c3c(c1)N(c1ccccc1)c1ccc(C4CCCCC4)cc1B3c1cc(C3CCCCC3)ccc1N2c1ccccc1. The third kappa shape index (κ3) is 4.93. The Kier molecular flexibility index (Phi) is 7.45. The second-order valence-corrected chi connectivity index (χ2v) is 14.5. The molecule has 47 heavy (non-hydrogen) atoms. The number of fused-ring (bicyclic) bond motifs is 4. The average Bonchev–Trinajstić information content (AvgIpc) is 3.15. The minimum Gasteiger partial charge on any atom is -0.311 e. The van der Waals surface area contributed by atoms with Crippen LogP contribution in [-0.2, 0) is 6.42 Å². The van der Waals surface area contributed by atoms with Crippen molar-refractivity contribution in [2.75, 3.05) is 9.80 Å². The van der Waals surface area contributed by atoms with E-state index in [0.29, 0.717) is 11.8 Å². The molecule has 2 aliphatic carbocycles. The minimum absolute atomic E-state index is 0.197. The summed E-state index contributed by atoms with van der Waals surface area (Å²) in [6.45, 7) is 2.49. The molecular weight excluding hydrogens is 567 g/mol. The number of aryl methyl sites for hydroxylation is 1. The first kappa shape index (κ1) is 28.9. The lowest BCUT2D eigenvalue weighted by atomic mass is 9.33. The molecule has 0 spiro atoms. The molecule has 5 aromatic carbocycles. The first-order chi connectivity index (χ1) is 23.3. The van der Waals surface area contributed by atoms with Gasteiger partial charge in [0.2, 0.25) is 0 Å². The van der Waals surface area contributed by atoms with Gasteiger partial charge >= 0.3 is 0 Å².